The Morgan fingerprint density at radius 2 is 1.02 bits per heavy atom. The number of unbranched alkanes of at least 4 members (excludes halogenated alkanes) is 18. The SMILES string of the molecule is CCCCCCCCCCCCCCCCCCNC1=CC=C(NCCCCCCOC(=O)CCNCCC[Si](C)(C)C)C2C(=O)c3ccccc3C(=O)C12. The number of ketones is 2. The Hall–Kier alpha value is -2.71. The number of ether oxygens (including phenoxy) is 1. The number of rotatable bonds is 33. The van der Waals surface area contributed by atoms with Crippen molar-refractivity contribution >= 4 is 25.6 Å². The van der Waals surface area contributed by atoms with Crippen molar-refractivity contribution in [1.29, 1.82) is 0 Å². The number of carbonyl (C=O) groups is 3. The minimum Gasteiger partial charge on any atom is -0.466 e. The quantitative estimate of drug-likeness (QED) is 0.0371. The molecule has 0 aliphatic heterocycles. The number of benzene rings is 1. The van der Waals surface area contributed by atoms with Crippen molar-refractivity contribution < 1.29 is 19.1 Å². The van der Waals surface area contributed by atoms with Gasteiger partial charge in [0.1, 0.15) is 0 Å². The molecule has 0 bridgehead atoms. The Kier molecular flexibility index (Phi) is 23.6. The first-order chi connectivity index (χ1) is 26.7. The fourth-order valence-electron chi connectivity index (χ4n) is 7.95. The number of nitrogens with one attached hydrogen (secondary N) is 3. The van der Waals surface area contributed by atoms with Gasteiger partial charge in [0.15, 0.2) is 11.6 Å². The molecule has 0 heterocycles. The molecule has 0 amide bonds. The van der Waals surface area contributed by atoms with Crippen molar-refractivity contribution in [3.63, 3.8) is 0 Å². The minimum atomic E-state index is -0.994. The summed E-state index contributed by atoms with van der Waals surface area (Å²) in [6.45, 7) is 13.1. The molecule has 55 heavy (non-hydrogen) atoms. The summed E-state index contributed by atoms with van der Waals surface area (Å²) in [6, 6.07) is 8.60. The van der Waals surface area contributed by atoms with Crippen LogP contribution in [0.2, 0.25) is 25.7 Å². The standard InChI is InChI=1S/C47H79N3O4Si/c1-5-6-7-8-9-10-11-12-13-14-15-16-17-18-19-24-34-49-41-30-31-42(45-44(41)46(52)39-28-22-23-29-40(39)47(45)53)50-35-25-20-21-26-37-54-43(51)32-36-48-33-27-38-55(2,3)4/h22-23,28-31,44-45,48-50H,5-21,24-27,32-38H2,1-4H3. The number of esters is 1. The first-order valence-corrected chi connectivity index (χ1v) is 26.4. The zero-order valence-electron chi connectivity index (χ0n) is 35.6. The number of allylic oxidation sites excluding steroid dienone is 4. The van der Waals surface area contributed by atoms with E-state index in [0.717, 1.165) is 63.1 Å². The molecule has 2 aliphatic rings. The smallest absolute Gasteiger partial charge is 0.307 e. The number of carbonyl (C=O) groups excluding carboxylic acids is 3. The van der Waals surface area contributed by atoms with Gasteiger partial charge in [0.25, 0.3) is 0 Å². The molecule has 0 radical (unpaired) electrons. The Balaban J connectivity index is 1.31. The molecule has 3 rings (SSSR count). The maximum atomic E-state index is 13.9. The largest absolute Gasteiger partial charge is 0.466 e. The minimum absolute atomic E-state index is 0.0253. The second-order valence-corrected chi connectivity index (χ2v) is 23.1. The number of Topliss-reactive ketones (excluding diaryl/α,β-unsaturated/α-hetero) is 2. The summed E-state index contributed by atoms with van der Waals surface area (Å²) in [6.07, 6.45) is 30.9. The van der Waals surface area contributed by atoms with Gasteiger partial charge in [-0.25, -0.2) is 0 Å². The highest BCUT2D eigenvalue weighted by Crippen LogP contribution is 2.39. The maximum Gasteiger partial charge on any atom is 0.307 e. The fraction of sp³-hybridized carbons (Fsp3) is 0.723. The average molecular weight is 778 g/mol. The number of hydrogen-bond acceptors (Lipinski definition) is 7. The van der Waals surface area contributed by atoms with E-state index in [1.54, 1.807) is 12.1 Å². The predicted molar refractivity (Wildman–Crippen MR) is 233 cm³/mol. The lowest BCUT2D eigenvalue weighted by Gasteiger charge is -2.36. The fourth-order valence-corrected chi connectivity index (χ4v) is 9.19. The van der Waals surface area contributed by atoms with Crippen LogP contribution in [0.15, 0.2) is 47.8 Å². The van der Waals surface area contributed by atoms with Crippen LogP contribution in [0.25, 0.3) is 0 Å². The molecule has 0 saturated heterocycles. The highest BCUT2D eigenvalue weighted by Gasteiger charge is 2.46. The summed E-state index contributed by atoms with van der Waals surface area (Å²) in [5.41, 5.74) is 2.79. The third kappa shape index (κ3) is 18.9. The molecule has 0 fully saturated rings. The van der Waals surface area contributed by atoms with Crippen LogP contribution in [-0.4, -0.2) is 58.4 Å². The molecule has 2 atom stereocenters. The zero-order valence-corrected chi connectivity index (χ0v) is 36.6. The van der Waals surface area contributed by atoms with Gasteiger partial charge in [0, 0.05) is 50.2 Å². The van der Waals surface area contributed by atoms with Gasteiger partial charge in [-0.15, -0.1) is 0 Å². The van der Waals surface area contributed by atoms with Gasteiger partial charge in [-0.3, -0.25) is 14.4 Å². The molecule has 310 valence electrons. The monoisotopic (exact) mass is 778 g/mol. The molecular weight excluding hydrogens is 699 g/mol. The van der Waals surface area contributed by atoms with E-state index >= 15 is 0 Å². The third-order valence-electron chi connectivity index (χ3n) is 11.3. The van der Waals surface area contributed by atoms with Crippen LogP contribution >= 0.6 is 0 Å². The second-order valence-electron chi connectivity index (χ2n) is 17.4. The summed E-state index contributed by atoms with van der Waals surface area (Å²) in [5.74, 6) is -1.10. The third-order valence-corrected chi connectivity index (χ3v) is 13.1. The molecule has 7 nitrogen and oxygen atoms in total. The van der Waals surface area contributed by atoms with Crippen LogP contribution in [0.5, 0.6) is 0 Å². The molecule has 0 saturated carbocycles. The van der Waals surface area contributed by atoms with E-state index in [1.165, 1.54) is 109 Å². The first-order valence-electron chi connectivity index (χ1n) is 22.7. The average Bonchev–Trinajstić information content (AvgIpc) is 3.17. The van der Waals surface area contributed by atoms with Crippen LogP contribution in [0.4, 0.5) is 0 Å². The van der Waals surface area contributed by atoms with Gasteiger partial charge in [0.05, 0.1) is 24.9 Å². The van der Waals surface area contributed by atoms with E-state index in [4.69, 9.17) is 4.74 Å². The van der Waals surface area contributed by atoms with E-state index in [1.807, 2.05) is 24.3 Å². The normalized spacial score (nSPS) is 16.7. The summed E-state index contributed by atoms with van der Waals surface area (Å²) in [4.78, 5) is 39.8. The van der Waals surface area contributed by atoms with E-state index in [9.17, 15) is 14.4 Å². The highest BCUT2D eigenvalue weighted by atomic mass is 28.3. The summed E-state index contributed by atoms with van der Waals surface area (Å²) >= 11 is 0. The lowest BCUT2D eigenvalue weighted by Crippen LogP contribution is -2.45. The van der Waals surface area contributed by atoms with Crippen molar-refractivity contribution in [3.05, 3.63) is 58.9 Å². The zero-order chi connectivity index (χ0) is 39.6. The molecule has 0 aromatic heterocycles. The van der Waals surface area contributed by atoms with Crippen LogP contribution in [-0.2, 0) is 9.53 Å². The lowest BCUT2D eigenvalue weighted by molar-refractivity contribution is -0.143. The topological polar surface area (TPSA) is 96.5 Å². The number of hydrogen-bond donors (Lipinski definition) is 3. The van der Waals surface area contributed by atoms with Crippen molar-refractivity contribution in [2.45, 2.75) is 174 Å². The van der Waals surface area contributed by atoms with Gasteiger partial charge < -0.3 is 20.7 Å². The second kappa shape index (κ2) is 27.8. The Bertz CT molecular complexity index is 1320. The van der Waals surface area contributed by atoms with Crippen molar-refractivity contribution in [3.8, 4) is 0 Å². The highest BCUT2D eigenvalue weighted by molar-refractivity contribution is 6.76. The summed E-state index contributed by atoms with van der Waals surface area (Å²) in [7, 11) is -0.994. The van der Waals surface area contributed by atoms with Crippen molar-refractivity contribution in [2.75, 3.05) is 32.8 Å². The molecule has 1 aromatic carbocycles. The maximum absolute atomic E-state index is 13.9. The molecule has 3 N–H and O–H groups in total. The van der Waals surface area contributed by atoms with E-state index in [-0.39, 0.29) is 17.5 Å². The van der Waals surface area contributed by atoms with Gasteiger partial charge in [-0.1, -0.05) is 160 Å². The molecule has 2 unspecified atom stereocenters. The number of fused-ring (bicyclic) bond motifs is 2. The van der Waals surface area contributed by atoms with Crippen LogP contribution in [0.1, 0.15) is 169 Å². The Morgan fingerprint density at radius 3 is 1.47 bits per heavy atom. The van der Waals surface area contributed by atoms with Crippen molar-refractivity contribution in [2.24, 2.45) is 11.8 Å². The van der Waals surface area contributed by atoms with Crippen molar-refractivity contribution in [1.82, 2.24) is 16.0 Å². The van der Waals surface area contributed by atoms with E-state index < -0.39 is 19.9 Å². The molecule has 1 aromatic rings. The van der Waals surface area contributed by atoms with E-state index in [2.05, 4.69) is 42.5 Å². The molecule has 2 aliphatic carbocycles. The molecule has 8 heteroatoms. The first kappa shape index (κ1) is 46.7. The lowest BCUT2D eigenvalue weighted by atomic mass is 9.69. The summed E-state index contributed by atoms with van der Waals surface area (Å²) < 4.78 is 5.43. The Morgan fingerprint density at radius 1 is 0.582 bits per heavy atom. The van der Waals surface area contributed by atoms with Gasteiger partial charge in [0.2, 0.25) is 0 Å². The molecule has 0 spiro atoms. The van der Waals surface area contributed by atoms with Gasteiger partial charge >= 0.3 is 5.97 Å². The van der Waals surface area contributed by atoms with Crippen LogP contribution < -0.4 is 16.0 Å². The van der Waals surface area contributed by atoms with Crippen LogP contribution in [0, 0.1) is 11.8 Å². The Labute approximate surface area is 337 Å². The van der Waals surface area contributed by atoms with Gasteiger partial charge in [-0.2, -0.15) is 0 Å². The summed E-state index contributed by atoms with van der Waals surface area (Å²) in [5, 5.41) is 10.5. The predicted octanol–water partition coefficient (Wildman–Crippen LogP) is 11.3. The van der Waals surface area contributed by atoms with Crippen LogP contribution in [0.3, 0.4) is 0 Å². The van der Waals surface area contributed by atoms with E-state index in [0.29, 0.717) is 30.7 Å². The molecular formula is C47H79N3O4Si. The van der Waals surface area contributed by atoms with Gasteiger partial charge in [-0.05, 0) is 50.8 Å².